The third kappa shape index (κ3) is 3.17. The van der Waals surface area contributed by atoms with Crippen molar-refractivity contribution >= 4 is 17.2 Å². The second-order valence-corrected chi connectivity index (χ2v) is 7.29. The summed E-state index contributed by atoms with van der Waals surface area (Å²) >= 11 is 6.02. The van der Waals surface area contributed by atoms with Gasteiger partial charge >= 0.3 is 0 Å². The van der Waals surface area contributed by atoms with E-state index >= 15 is 0 Å². The summed E-state index contributed by atoms with van der Waals surface area (Å²) in [5, 5.41) is 8.12. The largest absolute Gasteiger partial charge is 0.293 e. The van der Waals surface area contributed by atoms with Crippen molar-refractivity contribution < 1.29 is 0 Å². The van der Waals surface area contributed by atoms with Gasteiger partial charge in [0, 0.05) is 46.7 Å². The van der Waals surface area contributed by atoms with E-state index in [9.17, 15) is 4.79 Å². The van der Waals surface area contributed by atoms with Crippen molar-refractivity contribution in [2.24, 2.45) is 0 Å². The lowest BCUT2D eigenvalue weighted by Crippen LogP contribution is -2.18. The molecule has 0 bridgehead atoms. The first kappa shape index (κ1) is 17.5. The molecule has 0 amide bonds. The van der Waals surface area contributed by atoms with E-state index in [0.717, 1.165) is 28.2 Å². The number of aryl methyl sites for hydroxylation is 2. The normalized spacial score (nSPS) is 12.6. The fraction of sp³-hybridized carbons (Fsp3) is 0.250. The lowest BCUT2D eigenvalue weighted by molar-refractivity contribution is 0.523. The maximum absolute atomic E-state index is 12.7. The van der Waals surface area contributed by atoms with Gasteiger partial charge in [0.25, 0.3) is 5.56 Å². The van der Waals surface area contributed by atoms with Gasteiger partial charge in [0.15, 0.2) is 5.65 Å². The third-order valence-corrected chi connectivity index (χ3v) is 5.08. The molecule has 1 atom stereocenters. The Morgan fingerprint density at radius 1 is 1.19 bits per heavy atom. The fourth-order valence-corrected chi connectivity index (χ4v) is 3.45. The Bertz CT molecular complexity index is 1170. The highest BCUT2D eigenvalue weighted by atomic mass is 35.5. The number of rotatable bonds is 4. The van der Waals surface area contributed by atoms with Gasteiger partial charge in [-0.15, -0.1) is 0 Å². The third-order valence-electron chi connectivity index (χ3n) is 4.83. The Balaban J connectivity index is 1.82. The van der Waals surface area contributed by atoms with E-state index in [-0.39, 0.29) is 11.5 Å². The molecule has 3 aromatic heterocycles. The van der Waals surface area contributed by atoms with Gasteiger partial charge in [-0.25, -0.2) is 9.50 Å². The van der Waals surface area contributed by atoms with Crippen molar-refractivity contribution in [3.05, 3.63) is 75.1 Å². The standard InChI is InChI=1S/C20H20ClN5O/c1-12(11-25-13(2)8-9-22-25)17-10-18(27)26-20(23-17)19(14(3)24-26)15-4-6-16(21)7-5-15/h4-10,12,24H,11H2,1-3H3/t12-/m1/s1. The minimum Gasteiger partial charge on any atom is -0.293 e. The number of aromatic nitrogens is 5. The average molecular weight is 382 g/mol. The lowest BCUT2D eigenvalue weighted by atomic mass is 10.1. The summed E-state index contributed by atoms with van der Waals surface area (Å²) in [5.74, 6) is 0.0505. The summed E-state index contributed by atoms with van der Waals surface area (Å²) in [5.41, 5.74) is 5.10. The smallest absolute Gasteiger partial charge is 0.272 e. The number of H-pyrrole nitrogens is 1. The first-order valence-corrected chi connectivity index (χ1v) is 9.18. The van der Waals surface area contributed by atoms with Crippen molar-refractivity contribution in [2.45, 2.75) is 33.2 Å². The fourth-order valence-electron chi connectivity index (χ4n) is 3.32. The van der Waals surface area contributed by atoms with Crippen LogP contribution in [0, 0.1) is 13.8 Å². The molecule has 0 aliphatic heterocycles. The first-order valence-electron chi connectivity index (χ1n) is 8.80. The van der Waals surface area contributed by atoms with Crippen LogP contribution in [0.25, 0.3) is 16.8 Å². The zero-order chi connectivity index (χ0) is 19.1. The number of nitrogens with zero attached hydrogens (tertiary/aromatic N) is 4. The molecule has 4 aromatic rings. The molecule has 0 unspecified atom stereocenters. The van der Waals surface area contributed by atoms with E-state index in [1.165, 1.54) is 4.52 Å². The topological polar surface area (TPSA) is 68.0 Å². The van der Waals surface area contributed by atoms with Gasteiger partial charge < -0.3 is 0 Å². The monoisotopic (exact) mass is 381 g/mol. The van der Waals surface area contributed by atoms with Crippen molar-refractivity contribution in [3.8, 4) is 11.1 Å². The molecule has 0 aliphatic rings. The molecule has 7 heteroatoms. The predicted octanol–water partition coefficient (Wildman–Crippen LogP) is 3.96. The van der Waals surface area contributed by atoms with E-state index in [1.807, 2.05) is 48.9 Å². The second kappa shape index (κ2) is 6.70. The molecule has 1 aromatic carbocycles. The number of halogens is 1. The van der Waals surface area contributed by atoms with Crippen LogP contribution in [0.5, 0.6) is 0 Å². The quantitative estimate of drug-likeness (QED) is 0.581. The molecule has 27 heavy (non-hydrogen) atoms. The predicted molar refractivity (Wildman–Crippen MR) is 106 cm³/mol. The van der Waals surface area contributed by atoms with Crippen LogP contribution < -0.4 is 5.56 Å². The number of hydrogen-bond acceptors (Lipinski definition) is 3. The molecule has 1 N–H and O–H groups in total. The van der Waals surface area contributed by atoms with E-state index in [2.05, 4.69) is 17.1 Å². The number of benzene rings is 1. The van der Waals surface area contributed by atoms with Crippen LogP contribution in [-0.4, -0.2) is 24.4 Å². The van der Waals surface area contributed by atoms with Crippen LogP contribution in [0.4, 0.5) is 0 Å². The van der Waals surface area contributed by atoms with Gasteiger partial charge in [0.05, 0.1) is 5.69 Å². The van der Waals surface area contributed by atoms with Crippen molar-refractivity contribution in [3.63, 3.8) is 0 Å². The number of nitrogens with one attached hydrogen (secondary N) is 1. The van der Waals surface area contributed by atoms with Crippen LogP contribution in [0.1, 0.15) is 29.9 Å². The molecule has 3 heterocycles. The molecular weight excluding hydrogens is 362 g/mol. The van der Waals surface area contributed by atoms with Gasteiger partial charge in [-0.1, -0.05) is 30.7 Å². The molecule has 0 saturated carbocycles. The molecule has 0 spiro atoms. The highest BCUT2D eigenvalue weighted by Crippen LogP contribution is 2.28. The highest BCUT2D eigenvalue weighted by molar-refractivity contribution is 6.30. The van der Waals surface area contributed by atoms with Gasteiger partial charge in [-0.05, 0) is 37.6 Å². The Kier molecular flexibility index (Phi) is 4.36. The number of fused-ring (bicyclic) bond motifs is 1. The Morgan fingerprint density at radius 3 is 2.59 bits per heavy atom. The van der Waals surface area contributed by atoms with E-state index < -0.39 is 0 Å². The van der Waals surface area contributed by atoms with Crippen molar-refractivity contribution in [1.29, 1.82) is 0 Å². The summed E-state index contributed by atoms with van der Waals surface area (Å²) in [4.78, 5) is 17.5. The molecule has 0 radical (unpaired) electrons. The molecule has 138 valence electrons. The lowest BCUT2D eigenvalue weighted by Gasteiger charge is -2.13. The zero-order valence-corrected chi connectivity index (χ0v) is 16.2. The molecular formula is C20H20ClN5O. The molecule has 6 nitrogen and oxygen atoms in total. The number of hydrogen-bond donors (Lipinski definition) is 1. The van der Waals surface area contributed by atoms with Crippen LogP contribution in [-0.2, 0) is 6.54 Å². The highest BCUT2D eigenvalue weighted by Gasteiger charge is 2.17. The van der Waals surface area contributed by atoms with Gasteiger partial charge in [0.1, 0.15) is 0 Å². The van der Waals surface area contributed by atoms with Crippen LogP contribution in [0.2, 0.25) is 5.02 Å². The SMILES string of the molecule is Cc1[nH]n2c(=O)cc([C@H](C)Cn3nccc3C)nc2c1-c1ccc(Cl)cc1. The summed E-state index contributed by atoms with van der Waals surface area (Å²) in [6.07, 6.45) is 1.78. The zero-order valence-electron chi connectivity index (χ0n) is 15.4. The molecule has 0 fully saturated rings. The molecule has 0 aliphatic carbocycles. The van der Waals surface area contributed by atoms with Gasteiger partial charge in [-0.2, -0.15) is 5.10 Å². The maximum Gasteiger partial charge on any atom is 0.272 e. The maximum atomic E-state index is 12.7. The van der Waals surface area contributed by atoms with Crippen LogP contribution in [0.3, 0.4) is 0 Å². The van der Waals surface area contributed by atoms with Crippen molar-refractivity contribution in [2.75, 3.05) is 0 Å². The van der Waals surface area contributed by atoms with E-state index in [1.54, 1.807) is 12.3 Å². The summed E-state index contributed by atoms with van der Waals surface area (Å²) in [7, 11) is 0. The van der Waals surface area contributed by atoms with Crippen LogP contribution in [0.15, 0.2) is 47.4 Å². The number of aromatic amines is 1. The van der Waals surface area contributed by atoms with E-state index in [0.29, 0.717) is 17.2 Å². The Hall–Kier alpha value is -2.86. The Morgan fingerprint density at radius 2 is 1.93 bits per heavy atom. The molecule has 0 saturated heterocycles. The minimum atomic E-state index is -0.123. The van der Waals surface area contributed by atoms with Crippen molar-refractivity contribution in [1.82, 2.24) is 24.4 Å². The Labute approximate surface area is 161 Å². The average Bonchev–Trinajstić information content (AvgIpc) is 3.19. The summed E-state index contributed by atoms with van der Waals surface area (Å²) in [6.45, 7) is 6.68. The van der Waals surface area contributed by atoms with Gasteiger partial charge in [0.2, 0.25) is 0 Å². The summed E-state index contributed by atoms with van der Waals surface area (Å²) < 4.78 is 3.42. The van der Waals surface area contributed by atoms with E-state index in [4.69, 9.17) is 16.6 Å². The minimum absolute atomic E-state index is 0.0505. The second-order valence-electron chi connectivity index (χ2n) is 6.85. The first-order chi connectivity index (χ1) is 12.9. The van der Waals surface area contributed by atoms with Gasteiger partial charge in [-0.3, -0.25) is 14.6 Å². The molecule has 4 rings (SSSR count). The summed E-state index contributed by atoms with van der Waals surface area (Å²) in [6, 6.07) is 11.1. The van der Waals surface area contributed by atoms with Crippen LogP contribution >= 0.6 is 11.6 Å².